The van der Waals surface area contributed by atoms with Crippen LogP contribution >= 0.6 is 22.7 Å². The highest BCUT2D eigenvalue weighted by atomic mass is 32.1. The Kier molecular flexibility index (Phi) is 9.33. The highest BCUT2D eigenvalue weighted by molar-refractivity contribution is 7.19. The summed E-state index contributed by atoms with van der Waals surface area (Å²) in [6.07, 6.45) is 7.75. The van der Waals surface area contributed by atoms with Crippen molar-refractivity contribution in [3.63, 3.8) is 0 Å². The van der Waals surface area contributed by atoms with Crippen LogP contribution < -0.4 is 22.3 Å². The number of para-hydroxylation sites is 1. The first kappa shape index (κ1) is 29.5. The monoisotopic (exact) mass is 608 g/mol. The molecule has 1 aliphatic rings. The van der Waals surface area contributed by atoms with Gasteiger partial charge in [-0.05, 0) is 63.1 Å². The number of nitrogen functional groups attached to an aromatic ring is 1. The predicted octanol–water partition coefficient (Wildman–Crippen LogP) is 6.29. The fourth-order valence-corrected chi connectivity index (χ4v) is 7.03. The van der Waals surface area contributed by atoms with Crippen molar-refractivity contribution in [1.82, 2.24) is 9.97 Å². The van der Waals surface area contributed by atoms with Crippen LogP contribution in [0, 0.1) is 6.92 Å². The molecule has 6 rings (SSSR count). The third kappa shape index (κ3) is 6.71. The molecule has 1 aromatic carbocycles. The zero-order valence-corrected chi connectivity index (χ0v) is 25.1. The number of nitrogens with two attached hydrogens (primary N) is 1. The van der Waals surface area contributed by atoms with E-state index in [-0.39, 0.29) is 17.6 Å². The smallest absolute Gasteiger partial charge is 0.349 e. The molecule has 12 heteroatoms. The standard InChI is InChI=1S/C16H14N2O2S.C14H18N2O4S/c19-15-13-11-8-4-5-9-12(11)21-14(13)18-16(20-15)17-10-6-2-1-3-7-10;1-8-12(15)11-13(21-8)16-9(20-14(11)18)6-4-3-5-7-10(17)19-2/h1-3,6-7H,4-5,8-9H2,(H,17,18);3-7,15H2,1-2H3. The van der Waals surface area contributed by atoms with Gasteiger partial charge in [-0.15, -0.1) is 22.7 Å². The number of methoxy groups -OCH3 is 1. The van der Waals surface area contributed by atoms with Crippen LogP contribution in [0.15, 0.2) is 48.8 Å². The predicted molar refractivity (Wildman–Crippen MR) is 166 cm³/mol. The lowest BCUT2D eigenvalue weighted by Crippen LogP contribution is -2.07. The number of nitrogens with one attached hydrogen (secondary N) is 1. The molecule has 5 aromatic rings. The number of rotatable bonds is 8. The van der Waals surface area contributed by atoms with Gasteiger partial charge in [-0.1, -0.05) is 24.6 Å². The number of ether oxygens (including phenoxy) is 1. The summed E-state index contributed by atoms with van der Waals surface area (Å²) in [4.78, 5) is 47.6. The number of nitrogens with zero attached hydrogens (tertiary/aromatic N) is 2. The Morgan fingerprint density at radius 2 is 1.71 bits per heavy atom. The molecular formula is C30H32N4O6S2. The molecule has 0 radical (unpaired) electrons. The lowest BCUT2D eigenvalue weighted by molar-refractivity contribution is -0.140. The van der Waals surface area contributed by atoms with Gasteiger partial charge < -0.3 is 24.6 Å². The summed E-state index contributed by atoms with van der Waals surface area (Å²) in [5.74, 6) is 0.220. The van der Waals surface area contributed by atoms with Crippen molar-refractivity contribution >= 4 is 66.5 Å². The number of carbonyl (C=O) groups excluding carboxylic acids is 1. The Labute approximate surface area is 249 Å². The second-order valence-electron chi connectivity index (χ2n) is 9.97. The van der Waals surface area contributed by atoms with E-state index in [1.54, 1.807) is 11.3 Å². The fraction of sp³-hybridized carbons (Fsp3) is 0.367. The summed E-state index contributed by atoms with van der Waals surface area (Å²) in [5, 5.41) is 4.12. The van der Waals surface area contributed by atoms with Crippen LogP contribution in [0.25, 0.3) is 20.4 Å². The zero-order chi connectivity index (χ0) is 29.6. The van der Waals surface area contributed by atoms with Crippen LogP contribution in [0.1, 0.15) is 59.7 Å². The molecule has 0 unspecified atom stereocenters. The third-order valence-corrected chi connectivity index (χ3v) is 9.23. The molecule has 10 nitrogen and oxygen atoms in total. The lowest BCUT2D eigenvalue weighted by atomic mass is 9.97. The second-order valence-corrected chi connectivity index (χ2v) is 12.3. The number of carbonyl (C=O) groups is 1. The first-order valence-electron chi connectivity index (χ1n) is 13.9. The number of benzene rings is 1. The summed E-state index contributed by atoms with van der Waals surface area (Å²) in [5.41, 5.74) is 7.61. The van der Waals surface area contributed by atoms with Gasteiger partial charge in [0.2, 0.25) is 0 Å². The summed E-state index contributed by atoms with van der Waals surface area (Å²) in [7, 11) is 1.38. The largest absolute Gasteiger partial charge is 0.469 e. The van der Waals surface area contributed by atoms with Crippen LogP contribution in [0.2, 0.25) is 0 Å². The van der Waals surface area contributed by atoms with E-state index in [2.05, 4.69) is 20.0 Å². The SMILES string of the molecule is COC(=O)CCCCCc1nc2sc(C)c(N)c2c(=O)o1.O=c1oc(Nc2ccccc2)nc2sc3c(c12)CCCC3. The molecule has 0 saturated carbocycles. The Hall–Kier alpha value is -4.03. The summed E-state index contributed by atoms with van der Waals surface area (Å²) in [6.45, 7) is 1.85. The molecule has 0 amide bonds. The van der Waals surface area contributed by atoms with Crippen LogP contribution in [-0.2, 0) is 28.8 Å². The van der Waals surface area contributed by atoms with Crippen LogP contribution in [0.3, 0.4) is 0 Å². The molecule has 0 fully saturated rings. The topological polar surface area (TPSA) is 151 Å². The maximum absolute atomic E-state index is 12.3. The second kappa shape index (κ2) is 13.3. The van der Waals surface area contributed by atoms with Gasteiger partial charge in [0.25, 0.3) is 0 Å². The summed E-state index contributed by atoms with van der Waals surface area (Å²) in [6, 6.07) is 9.85. The fourth-order valence-electron chi connectivity index (χ4n) is 4.84. The van der Waals surface area contributed by atoms with E-state index in [0.717, 1.165) is 59.5 Å². The van der Waals surface area contributed by atoms with Gasteiger partial charge in [0.1, 0.15) is 20.4 Å². The maximum atomic E-state index is 12.3. The highest BCUT2D eigenvalue weighted by Gasteiger charge is 2.21. The summed E-state index contributed by atoms with van der Waals surface area (Å²) >= 11 is 3.03. The lowest BCUT2D eigenvalue weighted by Gasteiger charge is -2.09. The molecule has 0 spiro atoms. The Bertz CT molecular complexity index is 1820. The number of hydrogen-bond acceptors (Lipinski definition) is 12. The van der Waals surface area contributed by atoms with Crippen molar-refractivity contribution in [3.05, 3.63) is 72.4 Å². The number of hydrogen-bond donors (Lipinski definition) is 2. The van der Waals surface area contributed by atoms with Crippen molar-refractivity contribution in [2.75, 3.05) is 18.2 Å². The van der Waals surface area contributed by atoms with E-state index in [1.165, 1.54) is 29.7 Å². The van der Waals surface area contributed by atoms with Crippen LogP contribution in [0.4, 0.5) is 17.4 Å². The highest BCUT2D eigenvalue weighted by Crippen LogP contribution is 2.34. The van der Waals surface area contributed by atoms with Crippen molar-refractivity contribution in [1.29, 1.82) is 0 Å². The van der Waals surface area contributed by atoms with E-state index < -0.39 is 5.63 Å². The van der Waals surface area contributed by atoms with E-state index in [0.29, 0.717) is 40.0 Å². The number of fused-ring (bicyclic) bond motifs is 4. The van der Waals surface area contributed by atoms with Gasteiger partial charge >= 0.3 is 23.2 Å². The average molecular weight is 609 g/mol. The molecule has 0 atom stereocenters. The van der Waals surface area contributed by atoms with Crippen LogP contribution in [-0.4, -0.2) is 23.0 Å². The van der Waals surface area contributed by atoms with Crippen molar-refractivity contribution in [3.8, 4) is 0 Å². The van der Waals surface area contributed by atoms with Crippen LogP contribution in [0.5, 0.6) is 0 Å². The molecule has 0 bridgehead atoms. The quantitative estimate of drug-likeness (QED) is 0.152. The molecule has 220 valence electrons. The molecule has 1 aliphatic carbocycles. The number of aryl methyl sites for hydroxylation is 4. The van der Waals surface area contributed by atoms with E-state index in [1.807, 2.05) is 37.3 Å². The zero-order valence-electron chi connectivity index (χ0n) is 23.5. The van der Waals surface area contributed by atoms with Crippen molar-refractivity contribution in [2.45, 2.75) is 64.7 Å². The minimum absolute atomic E-state index is 0.203. The third-order valence-electron chi connectivity index (χ3n) is 7.03. The average Bonchev–Trinajstić information content (AvgIpc) is 3.50. The van der Waals surface area contributed by atoms with Gasteiger partial charge in [0, 0.05) is 28.3 Å². The van der Waals surface area contributed by atoms with E-state index in [9.17, 15) is 14.4 Å². The normalized spacial score (nSPS) is 12.5. The van der Waals surface area contributed by atoms with E-state index >= 15 is 0 Å². The van der Waals surface area contributed by atoms with Crippen molar-refractivity contribution < 1.29 is 18.4 Å². The minimum atomic E-state index is -0.425. The van der Waals surface area contributed by atoms with Gasteiger partial charge in [-0.2, -0.15) is 4.98 Å². The number of unbranched alkanes of at least 4 members (excludes halogenated alkanes) is 2. The Balaban J connectivity index is 0.000000168. The molecular weight excluding hydrogens is 576 g/mol. The van der Waals surface area contributed by atoms with Crippen molar-refractivity contribution in [2.24, 2.45) is 0 Å². The minimum Gasteiger partial charge on any atom is -0.469 e. The van der Waals surface area contributed by atoms with E-state index in [4.69, 9.17) is 14.6 Å². The molecule has 42 heavy (non-hydrogen) atoms. The number of anilines is 3. The van der Waals surface area contributed by atoms with Gasteiger partial charge in [-0.3, -0.25) is 4.79 Å². The first-order chi connectivity index (χ1) is 20.3. The molecule has 4 heterocycles. The molecule has 0 saturated heterocycles. The summed E-state index contributed by atoms with van der Waals surface area (Å²) < 4.78 is 15.1. The van der Waals surface area contributed by atoms with Gasteiger partial charge in [0.05, 0.1) is 12.8 Å². The number of aromatic nitrogens is 2. The Morgan fingerprint density at radius 3 is 2.50 bits per heavy atom. The number of esters is 1. The maximum Gasteiger partial charge on any atom is 0.349 e. The molecule has 4 aromatic heterocycles. The molecule has 3 N–H and O–H groups in total. The number of thiophene rings is 2. The van der Waals surface area contributed by atoms with Gasteiger partial charge in [0.15, 0.2) is 5.89 Å². The Morgan fingerprint density at radius 1 is 0.976 bits per heavy atom. The first-order valence-corrected chi connectivity index (χ1v) is 15.5. The molecule has 0 aliphatic heterocycles. The van der Waals surface area contributed by atoms with Gasteiger partial charge in [-0.25, -0.2) is 14.6 Å².